The first-order valence-electron chi connectivity index (χ1n) is 6.90. The van der Waals surface area contributed by atoms with E-state index in [9.17, 15) is 18.0 Å². The molecule has 0 bridgehead atoms. The summed E-state index contributed by atoms with van der Waals surface area (Å²) in [5.41, 5.74) is -0.516. The molecule has 3 aromatic rings. The molecular weight excluding hydrogens is 359 g/mol. The van der Waals surface area contributed by atoms with E-state index in [-0.39, 0.29) is 22.6 Å². The SMILES string of the molecule is O=C(Nc1cccc(Cl)n1)c1coc(-c2ccc(C(F)(F)F)cc2)n1. The number of anilines is 1. The molecule has 0 aliphatic rings. The van der Waals surface area contributed by atoms with Gasteiger partial charge in [0.2, 0.25) is 5.89 Å². The van der Waals surface area contributed by atoms with Gasteiger partial charge in [0.25, 0.3) is 5.91 Å². The van der Waals surface area contributed by atoms with Crippen LogP contribution in [0, 0.1) is 0 Å². The van der Waals surface area contributed by atoms with Crippen molar-refractivity contribution in [3.8, 4) is 11.5 Å². The Morgan fingerprint density at radius 2 is 1.80 bits per heavy atom. The van der Waals surface area contributed by atoms with Crippen molar-refractivity contribution in [1.82, 2.24) is 9.97 Å². The van der Waals surface area contributed by atoms with Crippen molar-refractivity contribution in [2.45, 2.75) is 6.18 Å². The molecule has 25 heavy (non-hydrogen) atoms. The lowest BCUT2D eigenvalue weighted by Gasteiger charge is -2.06. The molecule has 1 N–H and O–H groups in total. The molecule has 1 aromatic carbocycles. The van der Waals surface area contributed by atoms with Crippen LogP contribution in [0.25, 0.3) is 11.5 Å². The van der Waals surface area contributed by atoms with Gasteiger partial charge in [-0.05, 0) is 36.4 Å². The zero-order valence-corrected chi connectivity index (χ0v) is 13.1. The van der Waals surface area contributed by atoms with Gasteiger partial charge in [-0.3, -0.25) is 4.79 Å². The highest BCUT2D eigenvalue weighted by Crippen LogP contribution is 2.30. The molecule has 2 aromatic heterocycles. The smallest absolute Gasteiger partial charge is 0.416 e. The highest BCUT2D eigenvalue weighted by molar-refractivity contribution is 6.29. The molecule has 5 nitrogen and oxygen atoms in total. The van der Waals surface area contributed by atoms with Crippen LogP contribution in [-0.4, -0.2) is 15.9 Å². The number of hydrogen-bond acceptors (Lipinski definition) is 4. The summed E-state index contributed by atoms with van der Waals surface area (Å²) in [5.74, 6) is -0.328. The first kappa shape index (κ1) is 17.0. The fourth-order valence-corrected chi connectivity index (χ4v) is 2.13. The molecule has 0 fully saturated rings. The van der Waals surface area contributed by atoms with E-state index in [1.165, 1.54) is 12.1 Å². The maximum Gasteiger partial charge on any atom is 0.416 e. The van der Waals surface area contributed by atoms with Crippen LogP contribution >= 0.6 is 11.6 Å². The van der Waals surface area contributed by atoms with Crippen molar-refractivity contribution in [3.63, 3.8) is 0 Å². The summed E-state index contributed by atoms with van der Waals surface area (Å²) in [7, 11) is 0. The van der Waals surface area contributed by atoms with E-state index in [0.717, 1.165) is 18.4 Å². The maximum absolute atomic E-state index is 12.6. The van der Waals surface area contributed by atoms with E-state index in [0.29, 0.717) is 5.56 Å². The number of amides is 1. The number of alkyl halides is 3. The van der Waals surface area contributed by atoms with Gasteiger partial charge in [0.1, 0.15) is 17.2 Å². The van der Waals surface area contributed by atoms with E-state index < -0.39 is 17.6 Å². The number of oxazole rings is 1. The number of nitrogens with one attached hydrogen (secondary N) is 1. The third kappa shape index (κ3) is 3.97. The van der Waals surface area contributed by atoms with E-state index in [1.54, 1.807) is 18.2 Å². The van der Waals surface area contributed by atoms with Gasteiger partial charge < -0.3 is 9.73 Å². The lowest BCUT2D eigenvalue weighted by atomic mass is 10.1. The van der Waals surface area contributed by atoms with Gasteiger partial charge in [0.05, 0.1) is 5.56 Å². The molecule has 0 aliphatic heterocycles. The van der Waals surface area contributed by atoms with Crippen LogP contribution in [0.4, 0.5) is 19.0 Å². The summed E-state index contributed by atoms with van der Waals surface area (Å²) >= 11 is 5.73. The minimum absolute atomic E-state index is 0.0259. The van der Waals surface area contributed by atoms with E-state index in [4.69, 9.17) is 16.0 Å². The van der Waals surface area contributed by atoms with Crippen molar-refractivity contribution in [3.05, 3.63) is 65.1 Å². The topological polar surface area (TPSA) is 68.0 Å². The summed E-state index contributed by atoms with van der Waals surface area (Å²) < 4.78 is 42.8. The number of carbonyl (C=O) groups excluding carboxylic acids is 1. The van der Waals surface area contributed by atoms with Crippen molar-refractivity contribution < 1.29 is 22.4 Å². The number of pyridine rings is 1. The second kappa shape index (κ2) is 6.56. The lowest BCUT2D eigenvalue weighted by molar-refractivity contribution is -0.137. The van der Waals surface area contributed by atoms with Crippen LogP contribution in [0.2, 0.25) is 5.15 Å². The van der Waals surface area contributed by atoms with E-state index in [2.05, 4.69) is 15.3 Å². The van der Waals surface area contributed by atoms with E-state index in [1.807, 2.05) is 0 Å². The molecule has 0 aliphatic carbocycles. The summed E-state index contributed by atoms with van der Waals surface area (Å²) in [6.45, 7) is 0. The average molecular weight is 368 g/mol. The molecule has 0 spiro atoms. The third-order valence-electron chi connectivity index (χ3n) is 3.15. The second-order valence-corrected chi connectivity index (χ2v) is 5.30. The molecule has 0 saturated carbocycles. The average Bonchev–Trinajstić information content (AvgIpc) is 3.04. The molecular formula is C16H9ClF3N3O2. The first-order chi connectivity index (χ1) is 11.8. The molecule has 0 atom stereocenters. The standard InChI is InChI=1S/C16H9ClF3N3O2/c17-12-2-1-3-13(22-12)23-14(24)11-8-25-15(21-11)9-4-6-10(7-5-9)16(18,19)20/h1-8H,(H,22,23,24). The Bertz CT molecular complexity index is 907. The first-order valence-corrected chi connectivity index (χ1v) is 7.28. The minimum Gasteiger partial charge on any atom is -0.444 e. The fourth-order valence-electron chi connectivity index (χ4n) is 1.97. The fraction of sp³-hybridized carbons (Fsp3) is 0.0625. The molecule has 2 heterocycles. The Balaban J connectivity index is 1.76. The van der Waals surface area contributed by atoms with Crippen LogP contribution < -0.4 is 5.32 Å². The normalized spacial score (nSPS) is 11.4. The summed E-state index contributed by atoms with van der Waals surface area (Å²) in [6, 6.07) is 8.96. The summed E-state index contributed by atoms with van der Waals surface area (Å²) in [4.78, 5) is 20.0. The van der Waals surface area contributed by atoms with Gasteiger partial charge in [-0.15, -0.1) is 0 Å². The van der Waals surface area contributed by atoms with Crippen molar-refractivity contribution in [1.29, 1.82) is 0 Å². The largest absolute Gasteiger partial charge is 0.444 e. The van der Waals surface area contributed by atoms with Gasteiger partial charge in [-0.2, -0.15) is 13.2 Å². The number of hydrogen-bond donors (Lipinski definition) is 1. The van der Waals surface area contributed by atoms with Gasteiger partial charge >= 0.3 is 6.18 Å². The number of aromatic nitrogens is 2. The van der Waals surface area contributed by atoms with Crippen molar-refractivity contribution in [2.24, 2.45) is 0 Å². The number of benzene rings is 1. The Kier molecular flexibility index (Phi) is 4.45. The highest BCUT2D eigenvalue weighted by Gasteiger charge is 2.30. The maximum atomic E-state index is 12.6. The molecule has 128 valence electrons. The van der Waals surface area contributed by atoms with Crippen LogP contribution in [0.5, 0.6) is 0 Å². The summed E-state index contributed by atoms with van der Waals surface area (Å²) in [6.07, 6.45) is -3.32. The molecule has 1 amide bonds. The lowest BCUT2D eigenvalue weighted by Crippen LogP contribution is -2.13. The van der Waals surface area contributed by atoms with Crippen molar-refractivity contribution >= 4 is 23.3 Å². The number of halogens is 4. The molecule has 9 heteroatoms. The molecule has 0 radical (unpaired) electrons. The van der Waals surface area contributed by atoms with Gasteiger partial charge in [-0.1, -0.05) is 17.7 Å². The Morgan fingerprint density at radius 1 is 1.08 bits per heavy atom. The number of carbonyl (C=O) groups is 1. The van der Waals surface area contributed by atoms with Crippen molar-refractivity contribution in [2.75, 3.05) is 5.32 Å². The Labute approximate surface area is 144 Å². The quantitative estimate of drug-likeness (QED) is 0.683. The number of nitrogens with zero attached hydrogens (tertiary/aromatic N) is 2. The Hall–Kier alpha value is -2.87. The molecule has 0 unspecified atom stereocenters. The Morgan fingerprint density at radius 3 is 2.44 bits per heavy atom. The zero-order chi connectivity index (χ0) is 18.0. The predicted molar refractivity (Wildman–Crippen MR) is 84.1 cm³/mol. The van der Waals surface area contributed by atoms with Crippen LogP contribution in [-0.2, 0) is 6.18 Å². The zero-order valence-electron chi connectivity index (χ0n) is 12.3. The molecule has 3 rings (SSSR count). The van der Waals surface area contributed by atoms with Crippen LogP contribution in [0.1, 0.15) is 16.1 Å². The monoisotopic (exact) mass is 367 g/mol. The summed E-state index contributed by atoms with van der Waals surface area (Å²) in [5, 5.41) is 2.70. The van der Waals surface area contributed by atoms with Gasteiger partial charge in [0.15, 0.2) is 5.69 Å². The minimum atomic E-state index is -4.43. The van der Waals surface area contributed by atoms with Crippen LogP contribution in [0.15, 0.2) is 53.1 Å². The second-order valence-electron chi connectivity index (χ2n) is 4.91. The van der Waals surface area contributed by atoms with E-state index >= 15 is 0 Å². The molecule has 0 saturated heterocycles. The van der Waals surface area contributed by atoms with Gasteiger partial charge in [0, 0.05) is 5.56 Å². The predicted octanol–water partition coefficient (Wildman–Crippen LogP) is 4.66. The highest BCUT2D eigenvalue weighted by atomic mass is 35.5. The van der Waals surface area contributed by atoms with Gasteiger partial charge in [-0.25, -0.2) is 9.97 Å². The number of rotatable bonds is 3. The third-order valence-corrected chi connectivity index (χ3v) is 3.36. The van der Waals surface area contributed by atoms with Crippen LogP contribution in [0.3, 0.4) is 0 Å².